The van der Waals surface area contributed by atoms with Crippen molar-refractivity contribution in [2.75, 3.05) is 0 Å². The molecule has 15 rings (SSSR count). The summed E-state index contributed by atoms with van der Waals surface area (Å²) in [5.41, 5.74) is 14.1. The van der Waals surface area contributed by atoms with Crippen LogP contribution in [0.5, 0.6) is 17.2 Å². The van der Waals surface area contributed by atoms with E-state index in [1.54, 1.807) is 0 Å². The molecule has 0 aliphatic carbocycles. The predicted octanol–water partition coefficient (Wildman–Crippen LogP) is 36.6. The molecule has 9 aromatic heterocycles. The molecule has 6 unspecified atom stereocenters. The first-order valence-corrected chi connectivity index (χ1v) is 55.0. The van der Waals surface area contributed by atoms with Crippen LogP contribution in [0.2, 0.25) is 0 Å². The summed E-state index contributed by atoms with van der Waals surface area (Å²) in [5.74, 6) is 10.9. The maximum absolute atomic E-state index is 8.09. The molecule has 12 aromatic rings. The van der Waals surface area contributed by atoms with Gasteiger partial charge in [-0.3, -0.25) is 0 Å². The Hall–Kier alpha value is -5.28. The number of thiophene rings is 6. The largest absolute Gasteiger partial charge is 0.481 e. The lowest BCUT2D eigenvalue weighted by Gasteiger charge is -2.39. The minimum absolute atomic E-state index is 0.406. The smallest absolute Gasteiger partial charge is 0.140 e. The van der Waals surface area contributed by atoms with Gasteiger partial charge in [-0.15, -0.1) is 68.0 Å². The third-order valence-corrected chi connectivity index (χ3v) is 36.6. The average molecular weight is 1820 g/mol. The van der Waals surface area contributed by atoms with Crippen LogP contribution in [0.1, 0.15) is 334 Å². The van der Waals surface area contributed by atoms with E-state index in [-0.39, 0.29) is 0 Å². The van der Waals surface area contributed by atoms with Crippen LogP contribution in [0.25, 0.3) is 115 Å². The maximum atomic E-state index is 8.09. The Bertz CT molecular complexity index is 5360. The highest BCUT2D eigenvalue weighted by molar-refractivity contribution is 7.27. The van der Waals surface area contributed by atoms with Gasteiger partial charge >= 0.3 is 0 Å². The van der Waals surface area contributed by atoms with Gasteiger partial charge in [0.25, 0.3) is 0 Å². The first-order valence-electron chi connectivity index (χ1n) is 47.8. The monoisotopic (exact) mass is 1820 g/mol. The van der Waals surface area contributed by atoms with Crippen molar-refractivity contribution in [1.82, 2.24) is 26.2 Å². The summed E-state index contributed by atoms with van der Waals surface area (Å²) >= 11 is 15.4. The highest BCUT2D eigenvalue weighted by atomic mass is 32.1. The topological polar surface area (TPSA) is 105 Å². The van der Waals surface area contributed by atoms with Crippen molar-refractivity contribution in [2.45, 2.75) is 334 Å². The van der Waals surface area contributed by atoms with E-state index in [0.717, 1.165) is 167 Å². The molecule has 0 fully saturated rings. The second-order valence-corrected chi connectivity index (χ2v) is 48.8. The molecule has 0 saturated heterocycles. The Kier molecular flexibility index (Phi) is 31.0. The normalized spacial score (nSPS) is 18.4. The lowest BCUT2D eigenvalue weighted by Crippen LogP contribution is -2.36. The summed E-state index contributed by atoms with van der Waals surface area (Å²) in [5, 5.41) is 2.25. The van der Waals surface area contributed by atoms with E-state index in [2.05, 4.69) is 209 Å². The molecule has 3 aliphatic rings. The van der Waals surface area contributed by atoms with E-state index in [1.165, 1.54) is 221 Å². The Morgan fingerprint density at radius 3 is 0.846 bits per heavy atom. The number of rotatable bonds is 47. The van der Waals surface area contributed by atoms with Crippen molar-refractivity contribution in [2.24, 2.45) is 71.0 Å². The van der Waals surface area contributed by atoms with Crippen LogP contribution >= 0.6 is 103 Å². The molecule has 18 heteroatoms. The summed E-state index contributed by atoms with van der Waals surface area (Å²) in [4.78, 5) is 13.8. The fourth-order valence-electron chi connectivity index (χ4n) is 19.9. The predicted molar refractivity (Wildman–Crippen MR) is 540 cm³/mol. The van der Waals surface area contributed by atoms with Gasteiger partial charge < -0.3 is 14.2 Å². The van der Waals surface area contributed by atoms with Crippen LogP contribution in [0, 0.1) is 71.0 Å². The Morgan fingerprint density at radius 2 is 0.528 bits per heavy atom. The van der Waals surface area contributed by atoms with E-state index >= 15 is 0 Å². The van der Waals surface area contributed by atoms with Crippen LogP contribution < -0.4 is 14.2 Å². The molecule has 3 aromatic carbocycles. The Balaban J connectivity index is 0.809. The fraction of sp³-hybridized carbons (Fsp3) is 0.600. The summed E-state index contributed by atoms with van der Waals surface area (Å²) in [6.07, 6.45) is 35.3. The molecular formula is C105H140N6O3S9. The summed E-state index contributed by atoms with van der Waals surface area (Å²) in [6, 6.07) is 30.7. The van der Waals surface area contributed by atoms with Crippen molar-refractivity contribution >= 4 is 136 Å². The maximum Gasteiger partial charge on any atom is 0.140 e. The molecule has 0 amide bonds. The van der Waals surface area contributed by atoms with Crippen LogP contribution in [0.15, 0.2) is 84.2 Å². The molecule has 12 heterocycles. The van der Waals surface area contributed by atoms with Crippen molar-refractivity contribution in [1.29, 1.82) is 0 Å². The third-order valence-electron chi connectivity index (χ3n) is 27.8. The number of nitrogens with zero attached hydrogens (tertiary/aromatic N) is 6. The SMILES string of the molecule is CC(C)CCCC(C)CCC1(CCC(C)CCCC(C)C)Oc2cc(-c3ccc(-c4cc5c(s4)-c4sc(-c6ccc(-c7cc8c(s7)-c7sccc7OC8(CCC(C)CCCC(C)C)CCC(C)CCCC(C)C)c7nsnc67)cc4OC5(CCC(C)CCCC(C)C)CCC(C)CCCC(C)C)c4nsnc34)sc2-c2sc(-c3cccc4nsnc34)cc21. The van der Waals surface area contributed by atoms with Crippen molar-refractivity contribution in [3.05, 3.63) is 101 Å². The molecule has 0 radical (unpaired) electrons. The molecule has 0 spiro atoms. The first kappa shape index (κ1) is 92.4. The minimum atomic E-state index is -0.543. The van der Waals surface area contributed by atoms with E-state index in [9.17, 15) is 0 Å². The quantitative estimate of drug-likeness (QED) is 0.0369. The summed E-state index contributed by atoms with van der Waals surface area (Å²) < 4.78 is 54.5. The Labute approximate surface area is 774 Å². The lowest BCUT2D eigenvalue weighted by molar-refractivity contribution is 0.0322. The van der Waals surface area contributed by atoms with Gasteiger partial charge in [-0.05, 0) is 196 Å². The highest BCUT2D eigenvalue weighted by Gasteiger charge is 2.48. The van der Waals surface area contributed by atoms with Gasteiger partial charge in [0.15, 0.2) is 0 Å². The number of ether oxygens (including phenoxy) is 3. The van der Waals surface area contributed by atoms with Crippen molar-refractivity contribution in [3.8, 4) is 98.7 Å². The highest BCUT2D eigenvalue weighted by Crippen LogP contribution is 2.63. The van der Waals surface area contributed by atoms with Gasteiger partial charge in [0.1, 0.15) is 67.2 Å². The fourth-order valence-corrected chi connectivity index (χ4v) is 29.0. The number of aromatic nitrogens is 6. The molecule has 123 heavy (non-hydrogen) atoms. The van der Waals surface area contributed by atoms with Gasteiger partial charge in [0.2, 0.25) is 0 Å². The lowest BCUT2D eigenvalue weighted by atomic mass is 9.78. The van der Waals surface area contributed by atoms with Crippen LogP contribution in [0.3, 0.4) is 0 Å². The minimum Gasteiger partial charge on any atom is -0.481 e. The zero-order valence-corrected chi connectivity index (χ0v) is 84.7. The van der Waals surface area contributed by atoms with E-state index in [1.807, 2.05) is 68.0 Å². The third kappa shape index (κ3) is 21.4. The van der Waals surface area contributed by atoms with Crippen LogP contribution in [-0.2, 0) is 16.8 Å². The first-order chi connectivity index (χ1) is 59.2. The van der Waals surface area contributed by atoms with E-state index in [4.69, 9.17) is 40.5 Å². The number of hydrogen-bond acceptors (Lipinski definition) is 18. The van der Waals surface area contributed by atoms with E-state index < -0.39 is 16.8 Å². The molecule has 9 nitrogen and oxygen atoms in total. The molecule has 6 atom stereocenters. The number of benzene rings is 3. The molecule has 0 bridgehead atoms. The average Bonchev–Trinajstić information content (AvgIpc) is 1.58. The molecule has 0 saturated carbocycles. The van der Waals surface area contributed by atoms with Crippen molar-refractivity contribution < 1.29 is 14.2 Å². The van der Waals surface area contributed by atoms with Gasteiger partial charge in [-0.1, -0.05) is 277 Å². The second kappa shape index (κ2) is 41.2. The zero-order chi connectivity index (χ0) is 86.4. The number of fused-ring (bicyclic) bond motifs is 12. The van der Waals surface area contributed by atoms with Gasteiger partial charge in [0.05, 0.1) is 64.4 Å². The Morgan fingerprint density at radius 1 is 0.260 bits per heavy atom. The van der Waals surface area contributed by atoms with E-state index in [0.29, 0.717) is 59.2 Å². The second-order valence-electron chi connectivity index (χ2n) is 41.1. The van der Waals surface area contributed by atoms with Gasteiger partial charge in [-0.25, -0.2) is 0 Å². The standard InChI is InChI=1S/C105H140N6O3S9/c1-63(2)26-19-32-69(13)44-51-103(52-45-70(14)33-20-27-64(3)4)80-58-88(116-97(80)100-84(112-103)50-57-115-100)76-40-42-78(95-93(76)108-122-110-95)91-62-86-102(120-91)99-82(105(114-86,55-48-73(17)36-23-30-67(9)10)56-49-74(18)37-24-31-68(11)12)60-89(118-99)77-41-43-79(96-94(77)109-123-111-96)90-61-85-101(119-90)98-81(59-87(117-98)75-38-25-39-83-92(75)107-121-106-83)104(113-85,53-46-71(15)34-21-28-65(5)6)54-47-72(16)35-22-29-66(7)8/h25,38-43,50,57-74H,19-24,26-37,44-49,51-56H2,1-18H3. The molecule has 662 valence electrons. The van der Waals surface area contributed by atoms with Crippen molar-refractivity contribution in [3.63, 3.8) is 0 Å². The molecule has 3 aliphatic heterocycles. The van der Waals surface area contributed by atoms with Gasteiger partial charge in [0, 0.05) is 68.9 Å². The van der Waals surface area contributed by atoms with Crippen LogP contribution in [-0.4, -0.2) is 26.2 Å². The number of hydrogen-bond donors (Lipinski definition) is 0. The van der Waals surface area contributed by atoms with Crippen LogP contribution in [0.4, 0.5) is 0 Å². The summed E-state index contributed by atoms with van der Waals surface area (Å²) in [6.45, 7) is 43.4. The summed E-state index contributed by atoms with van der Waals surface area (Å²) in [7, 11) is 0. The van der Waals surface area contributed by atoms with Gasteiger partial charge in [-0.2, -0.15) is 26.2 Å². The molecular weight excluding hydrogens is 1680 g/mol. The molecule has 0 N–H and O–H groups in total. The zero-order valence-electron chi connectivity index (χ0n) is 77.3.